The Morgan fingerprint density at radius 3 is 2.52 bits per heavy atom. The molecule has 0 aromatic heterocycles. The highest BCUT2D eigenvalue weighted by Gasteiger charge is 2.36. The molecule has 2 fully saturated rings. The predicted molar refractivity (Wildman–Crippen MR) is 86.4 cm³/mol. The van der Waals surface area contributed by atoms with Crippen molar-refractivity contribution in [1.82, 2.24) is 10.2 Å². The van der Waals surface area contributed by atoms with Crippen LogP contribution in [-0.2, 0) is 4.74 Å². The maximum atomic E-state index is 10.7. The summed E-state index contributed by atoms with van der Waals surface area (Å²) in [6.45, 7) is 7.99. The van der Waals surface area contributed by atoms with Gasteiger partial charge in [-0.3, -0.25) is 0 Å². The molecule has 0 radical (unpaired) electrons. The molecule has 0 bridgehead atoms. The minimum absolute atomic E-state index is 0.548. The summed E-state index contributed by atoms with van der Waals surface area (Å²) in [5.74, 6) is 2.25. The fourth-order valence-electron chi connectivity index (χ4n) is 4.39. The SMILES string of the molecule is CNC1CC(C)CC(C)C1CN(C)CC1(O)CCOCC1. The van der Waals surface area contributed by atoms with Crippen LogP contribution in [0.4, 0.5) is 0 Å². The fourth-order valence-corrected chi connectivity index (χ4v) is 4.39. The molecule has 1 aliphatic heterocycles. The van der Waals surface area contributed by atoms with E-state index in [2.05, 4.69) is 38.2 Å². The molecule has 0 amide bonds. The topological polar surface area (TPSA) is 44.7 Å². The second kappa shape index (κ2) is 7.40. The molecule has 4 unspecified atom stereocenters. The van der Waals surface area contributed by atoms with E-state index in [1.165, 1.54) is 12.8 Å². The van der Waals surface area contributed by atoms with Crippen LogP contribution in [0.5, 0.6) is 0 Å². The maximum Gasteiger partial charge on any atom is 0.0817 e. The van der Waals surface area contributed by atoms with E-state index in [0.29, 0.717) is 25.2 Å². The Hall–Kier alpha value is -0.160. The monoisotopic (exact) mass is 298 g/mol. The van der Waals surface area contributed by atoms with Crippen LogP contribution >= 0.6 is 0 Å². The Labute approximate surface area is 130 Å². The molecule has 0 spiro atoms. The lowest BCUT2D eigenvalue weighted by atomic mass is 9.72. The highest BCUT2D eigenvalue weighted by molar-refractivity contribution is 4.90. The molecule has 2 N–H and O–H groups in total. The van der Waals surface area contributed by atoms with Crippen LogP contribution < -0.4 is 5.32 Å². The summed E-state index contributed by atoms with van der Waals surface area (Å²) in [6, 6.07) is 0.607. The van der Waals surface area contributed by atoms with Crippen LogP contribution in [0.15, 0.2) is 0 Å². The van der Waals surface area contributed by atoms with Crippen LogP contribution in [0.1, 0.15) is 39.5 Å². The molecular weight excluding hydrogens is 264 g/mol. The van der Waals surface area contributed by atoms with Gasteiger partial charge in [-0.15, -0.1) is 0 Å². The molecule has 1 saturated carbocycles. The summed E-state index contributed by atoms with van der Waals surface area (Å²) in [4.78, 5) is 2.34. The Bertz CT molecular complexity index is 318. The third kappa shape index (κ3) is 4.65. The average Bonchev–Trinajstić information content (AvgIpc) is 2.41. The normalized spacial score (nSPS) is 36.9. The molecule has 1 aliphatic carbocycles. The van der Waals surface area contributed by atoms with E-state index in [9.17, 15) is 5.11 Å². The van der Waals surface area contributed by atoms with Crippen molar-refractivity contribution in [3.8, 4) is 0 Å². The van der Waals surface area contributed by atoms with E-state index in [1.54, 1.807) is 0 Å². The number of nitrogens with zero attached hydrogens (tertiary/aromatic N) is 1. The van der Waals surface area contributed by atoms with Gasteiger partial charge >= 0.3 is 0 Å². The van der Waals surface area contributed by atoms with Crippen molar-refractivity contribution in [2.45, 2.75) is 51.2 Å². The highest BCUT2D eigenvalue weighted by Crippen LogP contribution is 2.34. The number of aliphatic hydroxyl groups is 1. The zero-order valence-corrected chi connectivity index (χ0v) is 14.3. The molecule has 4 atom stereocenters. The summed E-state index contributed by atoms with van der Waals surface area (Å²) >= 11 is 0. The van der Waals surface area contributed by atoms with Crippen molar-refractivity contribution in [3.05, 3.63) is 0 Å². The smallest absolute Gasteiger partial charge is 0.0817 e. The van der Waals surface area contributed by atoms with Crippen LogP contribution in [0, 0.1) is 17.8 Å². The van der Waals surface area contributed by atoms with E-state index in [0.717, 1.165) is 37.8 Å². The second-order valence-electron chi connectivity index (χ2n) is 7.65. The summed E-state index contributed by atoms with van der Waals surface area (Å²) < 4.78 is 5.37. The molecule has 4 heteroatoms. The molecule has 4 nitrogen and oxygen atoms in total. The molecule has 124 valence electrons. The summed E-state index contributed by atoms with van der Waals surface area (Å²) in [6.07, 6.45) is 4.14. The Morgan fingerprint density at radius 2 is 1.90 bits per heavy atom. The largest absolute Gasteiger partial charge is 0.388 e. The van der Waals surface area contributed by atoms with Crippen molar-refractivity contribution >= 4 is 0 Å². The molecule has 0 aromatic rings. The summed E-state index contributed by atoms with van der Waals surface area (Å²) in [5.41, 5.74) is -0.548. The van der Waals surface area contributed by atoms with Gasteiger partial charge in [0.15, 0.2) is 0 Å². The van der Waals surface area contributed by atoms with Gasteiger partial charge in [-0.05, 0) is 44.7 Å². The van der Waals surface area contributed by atoms with Crippen molar-refractivity contribution in [2.24, 2.45) is 17.8 Å². The van der Waals surface area contributed by atoms with Crippen molar-refractivity contribution in [2.75, 3.05) is 40.4 Å². The van der Waals surface area contributed by atoms with E-state index in [1.807, 2.05) is 0 Å². The Morgan fingerprint density at radius 1 is 1.24 bits per heavy atom. The third-order valence-electron chi connectivity index (χ3n) is 5.56. The highest BCUT2D eigenvalue weighted by atomic mass is 16.5. The minimum Gasteiger partial charge on any atom is -0.388 e. The quantitative estimate of drug-likeness (QED) is 0.811. The lowest BCUT2D eigenvalue weighted by molar-refractivity contribution is -0.0799. The van der Waals surface area contributed by atoms with Gasteiger partial charge in [0.1, 0.15) is 0 Å². The number of nitrogens with one attached hydrogen (secondary N) is 1. The van der Waals surface area contributed by atoms with Crippen LogP contribution in [0.2, 0.25) is 0 Å². The van der Waals surface area contributed by atoms with Gasteiger partial charge < -0.3 is 20.1 Å². The Kier molecular flexibility index (Phi) is 6.06. The van der Waals surface area contributed by atoms with Gasteiger partial charge in [-0.1, -0.05) is 13.8 Å². The van der Waals surface area contributed by atoms with E-state index in [-0.39, 0.29) is 0 Å². The number of likely N-dealkylation sites (N-methyl/N-ethyl adjacent to an activating group) is 1. The first-order chi connectivity index (χ1) is 9.93. The zero-order chi connectivity index (χ0) is 15.5. The molecule has 1 heterocycles. The fraction of sp³-hybridized carbons (Fsp3) is 1.00. The Balaban J connectivity index is 1.89. The predicted octanol–water partition coefficient (Wildman–Crippen LogP) is 1.73. The van der Waals surface area contributed by atoms with Gasteiger partial charge in [0.25, 0.3) is 0 Å². The van der Waals surface area contributed by atoms with Gasteiger partial charge in [0.05, 0.1) is 5.60 Å². The van der Waals surface area contributed by atoms with Crippen molar-refractivity contribution in [1.29, 1.82) is 0 Å². The maximum absolute atomic E-state index is 10.7. The standard InChI is InChI=1S/C17H34N2O2/c1-13-9-14(2)15(16(10-13)18-3)11-19(4)12-17(20)5-7-21-8-6-17/h13-16,18,20H,5-12H2,1-4H3. The number of hydrogen-bond donors (Lipinski definition) is 2. The third-order valence-corrected chi connectivity index (χ3v) is 5.56. The van der Waals surface area contributed by atoms with Crippen molar-refractivity contribution in [3.63, 3.8) is 0 Å². The first kappa shape index (κ1) is 17.2. The molecule has 1 saturated heterocycles. The van der Waals surface area contributed by atoms with E-state index in [4.69, 9.17) is 4.74 Å². The van der Waals surface area contributed by atoms with Gasteiger partial charge in [-0.25, -0.2) is 0 Å². The van der Waals surface area contributed by atoms with Gasteiger partial charge in [-0.2, -0.15) is 0 Å². The number of hydrogen-bond acceptors (Lipinski definition) is 4. The zero-order valence-electron chi connectivity index (χ0n) is 14.3. The molecule has 2 aliphatic rings. The second-order valence-corrected chi connectivity index (χ2v) is 7.65. The lowest BCUT2D eigenvalue weighted by Gasteiger charge is -2.43. The van der Waals surface area contributed by atoms with E-state index >= 15 is 0 Å². The molecular formula is C17H34N2O2. The summed E-state index contributed by atoms with van der Waals surface area (Å²) in [7, 11) is 4.25. The van der Waals surface area contributed by atoms with Gasteiger partial charge in [0.2, 0.25) is 0 Å². The van der Waals surface area contributed by atoms with Crippen LogP contribution in [-0.4, -0.2) is 62.0 Å². The minimum atomic E-state index is -0.548. The van der Waals surface area contributed by atoms with Crippen molar-refractivity contribution < 1.29 is 9.84 Å². The van der Waals surface area contributed by atoms with Gasteiger partial charge in [0, 0.05) is 45.2 Å². The van der Waals surface area contributed by atoms with Crippen LogP contribution in [0.3, 0.4) is 0 Å². The van der Waals surface area contributed by atoms with E-state index < -0.39 is 5.60 Å². The molecule has 0 aromatic carbocycles. The number of rotatable bonds is 5. The average molecular weight is 298 g/mol. The lowest BCUT2D eigenvalue weighted by Crippen LogP contribution is -2.51. The first-order valence-corrected chi connectivity index (χ1v) is 8.59. The molecule has 21 heavy (non-hydrogen) atoms. The van der Waals surface area contributed by atoms with Crippen LogP contribution in [0.25, 0.3) is 0 Å². The summed E-state index contributed by atoms with van der Waals surface area (Å²) in [5, 5.41) is 14.2. The molecule has 2 rings (SSSR count). The number of ether oxygens (including phenoxy) is 1. The first-order valence-electron chi connectivity index (χ1n) is 8.59.